The average molecular weight is 238 g/mol. The Bertz CT molecular complexity index is 426. The van der Waals surface area contributed by atoms with E-state index in [9.17, 15) is 4.79 Å². The molecule has 16 heavy (non-hydrogen) atoms. The van der Waals surface area contributed by atoms with Gasteiger partial charge >= 0.3 is 0 Å². The van der Waals surface area contributed by atoms with Crippen LogP contribution in [-0.2, 0) is 0 Å². The third-order valence-electron chi connectivity index (χ3n) is 2.01. The summed E-state index contributed by atoms with van der Waals surface area (Å²) in [4.78, 5) is 11.6. The topological polar surface area (TPSA) is 78.9 Å². The number of unbranched alkanes of at least 4 members (excludes halogenated alkanes) is 1. The van der Waals surface area contributed by atoms with Gasteiger partial charge in [0.2, 0.25) is 0 Å². The molecule has 1 aromatic rings. The van der Waals surface area contributed by atoms with E-state index in [0.29, 0.717) is 35.7 Å². The zero-order valence-corrected chi connectivity index (χ0v) is 9.42. The Morgan fingerprint density at radius 1 is 1.56 bits per heavy atom. The monoisotopic (exact) mass is 237 g/mol. The van der Waals surface area contributed by atoms with E-state index in [4.69, 9.17) is 22.6 Å². The minimum Gasteiger partial charge on any atom is -0.398 e. The number of nitriles is 1. The minimum atomic E-state index is -0.207. The van der Waals surface area contributed by atoms with Gasteiger partial charge in [-0.3, -0.25) is 4.79 Å². The fourth-order valence-electron chi connectivity index (χ4n) is 1.16. The summed E-state index contributed by atoms with van der Waals surface area (Å²) in [5, 5.41) is 11.4. The molecular weight excluding hydrogens is 226 g/mol. The molecule has 0 saturated carbocycles. The average Bonchev–Trinajstić information content (AvgIpc) is 2.28. The minimum absolute atomic E-state index is 0.207. The number of hydrogen-bond donors (Lipinski definition) is 2. The second kappa shape index (κ2) is 5.99. The smallest absolute Gasteiger partial charge is 0.251 e. The molecule has 84 valence electrons. The summed E-state index contributed by atoms with van der Waals surface area (Å²) in [6, 6.07) is 6.73. The SMILES string of the molecule is N#CCCCNC(=O)c1ccc(Cl)c(N)c1. The summed E-state index contributed by atoms with van der Waals surface area (Å²) >= 11 is 5.74. The molecule has 4 nitrogen and oxygen atoms in total. The van der Waals surface area contributed by atoms with E-state index >= 15 is 0 Å². The van der Waals surface area contributed by atoms with Crippen LogP contribution >= 0.6 is 11.6 Å². The van der Waals surface area contributed by atoms with Crippen LogP contribution in [0.25, 0.3) is 0 Å². The molecule has 0 bridgehead atoms. The summed E-state index contributed by atoms with van der Waals surface area (Å²) < 4.78 is 0. The maximum atomic E-state index is 11.6. The summed E-state index contributed by atoms with van der Waals surface area (Å²) in [5.41, 5.74) is 6.43. The first-order valence-electron chi connectivity index (χ1n) is 4.85. The predicted octanol–water partition coefficient (Wildman–Crippen LogP) is 1.96. The lowest BCUT2D eigenvalue weighted by molar-refractivity contribution is 0.0953. The fraction of sp³-hybridized carbons (Fsp3) is 0.273. The number of nitrogens with zero attached hydrogens (tertiary/aromatic N) is 1. The number of amides is 1. The lowest BCUT2D eigenvalue weighted by Gasteiger charge is -2.05. The van der Waals surface area contributed by atoms with Crippen LogP contribution in [0.5, 0.6) is 0 Å². The van der Waals surface area contributed by atoms with Gasteiger partial charge in [-0.1, -0.05) is 11.6 Å². The van der Waals surface area contributed by atoms with E-state index < -0.39 is 0 Å². The Kier molecular flexibility index (Phi) is 4.62. The van der Waals surface area contributed by atoms with Crippen molar-refractivity contribution in [3.05, 3.63) is 28.8 Å². The first-order chi connectivity index (χ1) is 7.65. The zero-order valence-electron chi connectivity index (χ0n) is 8.66. The molecule has 0 unspecified atom stereocenters. The highest BCUT2D eigenvalue weighted by Gasteiger charge is 2.06. The van der Waals surface area contributed by atoms with Crippen molar-refractivity contribution in [3.8, 4) is 6.07 Å². The summed E-state index contributed by atoms with van der Waals surface area (Å²) in [6.45, 7) is 0.481. The lowest BCUT2D eigenvalue weighted by atomic mass is 10.2. The molecule has 0 heterocycles. The molecule has 1 amide bonds. The Balaban J connectivity index is 2.53. The van der Waals surface area contributed by atoms with Gasteiger partial charge in [0.1, 0.15) is 0 Å². The van der Waals surface area contributed by atoms with E-state index in [2.05, 4.69) is 5.32 Å². The van der Waals surface area contributed by atoms with Crippen LogP contribution in [0.1, 0.15) is 23.2 Å². The predicted molar refractivity (Wildman–Crippen MR) is 63.0 cm³/mol. The standard InChI is InChI=1S/C11H12ClN3O/c12-9-4-3-8(7-10(9)14)11(16)15-6-2-1-5-13/h3-4,7H,1-2,6,14H2,(H,15,16). The third kappa shape index (κ3) is 3.44. The summed E-state index contributed by atoms with van der Waals surface area (Å²) in [7, 11) is 0. The van der Waals surface area contributed by atoms with E-state index in [-0.39, 0.29) is 5.91 Å². The molecule has 0 aliphatic rings. The van der Waals surface area contributed by atoms with Crippen molar-refractivity contribution < 1.29 is 4.79 Å². The van der Waals surface area contributed by atoms with Crippen molar-refractivity contribution in [2.45, 2.75) is 12.8 Å². The van der Waals surface area contributed by atoms with Crippen LogP contribution in [-0.4, -0.2) is 12.5 Å². The molecule has 0 aliphatic carbocycles. The summed E-state index contributed by atoms with van der Waals surface area (Å²) in [6.07, 6.45) is 1.08. The number of halogens is 1. The molecule has 0 radical (unpaired) electrons. The number of carbonyl (C=O) groups is 1. The van der Waals surface area contributed by atoms with Crippen LogP contribution < -0.4 is 11.1 Å². The highest BCUT2D eigenvalue weighted by Crippen LogP contribution is 2.19. The van der Waals surface area contributed by atoms with E-state index in [1.54, 1.807) is 12.1 Å². The number of hydrogen-bond acceptors (Lipinski definition) is 3. The van der Waals surface area contributed by atoms with Crippen LogP contribution in [0.4, 0.5) is 5.69 Å². The zero-order chi connectivity index (χ0) is 12.0. The van der Waals surface area contributed by atoms with E-state index in [0.717, 1.165) is 0 Å². The second-order valence-electron chi connectivity index (χ2n) is 3.25. The molecule has 0 atom stereocenters. The number of anilines is 1. The maximum absolute atomic E-state index is 11.6. The number of nitrogens with two attached hydrogens (primary N) is 1. The van der Waals surface area contributed by atoms with Crippen molar-refractivity contribution >= 4 is 23.2 Å². The molecule has 0 aliphatic heterocycles. The molecular formula is C11H12ClN3O. The molecule has 0 spiro atoms. The number of benzene rings is 1. The highest BCUT2D eigenvalue weighted by molar-refractivity contribution is 6.33. The maximum Gasteiger partial charge on any atom is 0.251 e. The van der Waals surface area contributed by atoms with Crippen molar-refractivity contribution in [1.29, 1.82) is 5.26 Å². The van der Waals surface area contributed by atoms with Crippen LogP contribution in [0.2, 0.25) is 5.02 Å². The van der Waals surface area contributed by atoms with Gasteiger partial charge in [-0.25, -0.2) is 0 Å². The van der Waals surface area contributed by atoms with Crippen molar-refractivity contribution in [2.75, 3.05) is 12.3 Å². The van der Waals surface area contributed by atoms with Gasteiger partial charge in [0, 0.05) is 18.5 Å². The normalized spacial score (nSPS) is 9.50. The van der Waals surface area contributed by atoms with Crippen molar-refractivity contribution in [2.24, 2.45) is 0 Å². The lowest BCUT2D eigenvalue weighted by Crippen LogP contribution is -2.24. The number of rotatable bonds is 4. The largest absolute Gasteiger partial charge is 0.398 e. The van der Waals surface area contributed by atoms with Crippen LogP contribution in [0.3, 0.4) is 0 Å². The molecule has 0 saturated heterocycles. The molecule has 1 aromatic carbocycles. The van der Waals surface area contributed by atoms with Gasteiger partial charge in [0.05, 0.1) is 16.8 Å². The second-order valence-corrected chi connectivity index (χ2v) is 3.66. The third-order valence-corrected chi connectivity index (χ3v) is 2.35. The first kappa shape index (κ1) is 12.3. The molecule has 1 rings (SSSR count). The van der Waals surface area contributed by atoms with Gasteiger partial charge in [-0.05, 0) is 24.6 Å². The van der Waals surface area contributed by atoms with Crippen LogP contribution in [0, 0.1) is 11.3 Å². The highest BCUT2D eigenvalue weighted by atomic mass is 35.5. The van der Waals surface area contributed by atoms with Gasteiger partial charge in [-0.2, -0.15) is 5.26 Å². The first-order valence-corrected chi connectivity index (χ1v) is 5.23. The van der Waals surface area contributed by atoms with Gasteiger partial charge in [0.15, 0.2) is 0 Å². The van der Waals surface area contributed by atoms with Crippen molar-refractivity contribution in [1.82, 2.24) is 5.32 Å². The fourth-order valence-corrected chi connectivity index (χ4v) is 1.27. The van der Waals surface area contributed by atoms with E-state index in [1.807, 2.05) is 6.07 Å². The van der Waals surface area contributed by atoms with Gasteiger partial charge in [-0.15, -0.1) is 0 Å². The molecule has 0 fully saturated rings. The Morgan fingerprint density at radius 3 is 2.94 bits per heavy atom. The number of carbonyl (C=O) groups excluding carboxylic acids is 1. The number of nitrogens with one attached hydrogen (secondary N) is 1. The summed E-state index contributed by atoms with van der Waals surface area (Å²) in [5.74, 6) is -0.207. The van der Waals surface area contributed by atoms with Crippen molar-refractivity contribution in [3.63, 3.8) is 0 Å². The van der Waals surface area contributed by atoms with Gasteiger partial charge < -0.3 is 11.1 Å². The van der Waals surface area contributed by atoms with Gasteiger partial charge in [0.25, 0.3) is 5.91 Å². The Hall–Kier alpha value is -1.73. The Morgan fingerprint density at radius 2 is 2.31 bits per heavy atom. The molecule has 5 heteroatoms. The number of nitrogen functional groups attached to an aromatic ring is 1. The van der Waals surface area contributed by atoms with Crippen LogP contribution in [0.15, 0.2) is 18.2 Å². The molecule has 3 N–H and O–H groups in total. The molecule has 0 aromatic heterocycles. The van der Waals surface area contributed by atoms with E-state index in [1.165, 1.54) is 6.07 Å². The quantitative estimate of drug-likeness (QED) is 0.621. The Labute approximate surface area is 99.0 Å².